The molecular formula is C15H22BrN3O. The molecule has 5 heteroatoms. The lowest BCUT2D eigenvalue weighted by atomic mass is 9.89. The summed E-state index contributed by atoms with van der Waals surface area (Å²) in [6, 6.07) is 5.90. The Hall–Kier alpha value is -1.23. The second kappa shape index (κ2) is 6.97. The van der Waals surface area contributed by atoms with Crippen molar-refractivity contribution in [2.45, 2.75) is 32.1 Å². The summed E-state index contributed by atoms with van der Waals surface area (Å²) in [6.07, 6.45) is 6.65. The molecule has 0 spiro atoms. The van der Waals surface area contributed by atoms with Crippen LogP contribution in [0.4, 0.5) is 5.69 Å². The summed E-state index contributed by atoms with van der Waals surface area (Å²) in [5.74, 6) is 0.885. The van der Waals surface area contributed by atoms with Gasteiger partial charge in [0.15, 0.2) is 5.84 Å². The lowest BCUT2D eigenvalue weighted by Gasteiger charge is -2.29. The molecule has 0 radical (unpaired) electrons. The van der Waals surface area contributed by atoms with Crippen molar-refractivity contribution in [1.82, 2.24) is 0 Å². The van der Waals surface area contributed by atoms with E-state index in [4.69, 9.17) is 10.9 Å². The van der Waals surface area contributed by atoms with Crippen LogP contribution in [-0.4, -0.2) is 24.6 Å². The zero-order valence-electron chi connectivity index (χ0n) is 11.8. The normalized spacial score (nSPS) is 17.2. The predicted octanol–water partition coefficient (Wildman–Crippen LogP) is 3.56. The predicted molar refractivity (Wildman–Crippen MR) is 86.5 cm³/mol. The Labute approximate surface area is 128 Å². The number of anilines is 1. The molecule has 1 aliphatic rings. The molecule has 1 fully saturated rings. The maximum absolute atomic E-state index is 8.96. The molecule has 3 N–H and O–H groups in total. The molecule has 1 aliphatic carbocycles. The Morgan fingerprint density at radius 1 is 1.40 bits per heavy atom. The van der Waals surface area contributed by atoms with E-state index in [0.29, 0.717) is 0 Å². The standard InChI is InChI=1S/C15H22BrN3O/c1-19(10-11-6-3-2-4-7-11)13-9-5-8-12(16)14(13)15(17)18-20/h5,8-9,11,20H,2-4,6-7,10H2,1H3,(H2,17,18). The molecule has 0 heterocycles. The van der Waals surface area contributed by atoms with E-state index in [1.165, 1.54) is 32.1 Å². The fourth-order valence-electron chi connectivity index (χ4n) is 2.99. The van der Waals surface area contributed by atoms with Gasteiger partial charge in [-0.15, -0.1) is 0 Å². The van der Waals surface area contributed by atoms with Crippen LogP contribution in [0, 0.1) is 5.92 Å². The number of oxime groups is 1. The van der Waals surface area contributed by atoms with Gasteiger partial charge in [0.05, 0.1) is 5.56 Å². The van der Waals surface area contributed by atoms with Gasteiger partial charge in [0, 0.05) is 23.8 Å². The topological polar surface area (TPSA) is 61.8 Å². The van der Waals surface area contributed by atoms with E-state index in [0.717, 1.165) is 28.2 Å². The minimum atomic E-state index is 0.142. The van der Waals surface area contributed by atoms with Crippen molar-refractivity contribution in [2.24, 2.45) is 16.8 Å². The number of hydrogen-bond donors (Lipinski definition) is 2. The third-order valence-corrected chi connectivity index (χ3v) is 4.68. The van der Waals surface area contributed by atoms with Gasteiger partial charge in [-0.2, -0.15) is 0 Å². The van der Waals surface area contributed by atoms with Crippen LogP contribution in [0.25, 0.3) is 0 Å². The van der Waals surface area contributed by atoms with E-state index in [9.17, 15) is 0 Å². The van der Waals surface area contributed by atoms with E-state index in [-0.39, 0.29) is 5.84 Å². The van der Waals surface area contributed by atoms with E-state index in [1.54, 1.807) is 0 Å². The van der Waals surface area contributed by atoms with Gasteiger partial charge in [-0.25, -0.2) is 0 Å². The summed E-state index contributed by atoms with van der Waals surface area (Å²) in [7, 11) is 2.07. The molecule has 0 aliphatic heterocycles. The molecule has 1 aromatic carbocycles. The molecular weight excluding hydrogens is 318 g/mol. The van der Waals surface area contributed by atoms with Crippen LogP contribution >= 0.6 is 15.9 Å². The minimum absolute atomic E-state index is 0.142. The van der Waals surface area contributed by atoms with Crippen molar-refractivity contribution in [1.29, 1.82) is 0 Å². The lowest BCUT2D eigenvalue weighted by Crippen LogP contribution is -2.29. The lowest BCUT2D eigenvalue weighted by molar-refractivity contribution is 0.318. The quantitative estimate of drug-likeness (QED) is 0.381. The SMILES string of the molecule is CN(CC1CCCCC1)c1cccc(Br)c1/C(N)=N/O. The van der Waals surface area contributed by atoms with Crippen molar-refractivity contribution in [3.63, 3.8) is 0 Å². The maximum atomic E-state index is 8.96. The number of nitrogens with zero attached hydrogens (tertiary/aromatic N) is 2. The highest BCUT2D eigenvalue weighted by Gasteiger charge is 2.19. The summed E-state index contributed by atoms with van der Waals surface area (Å²) in [4.78, 5) is 2.22. The van der Waals surface area contributed by atoms with E-state index in [2.05, 4.69) is 33.0 Å². The van der Waals surface area contributed by atoms with Crippen molar-refractivity contribution in [3.8, 4) is 0 Å². The highest BCUT2D eigenvalue weighted by molar-refractivity contribution is 9.10. The van der Waals surface area contributed by atoms with Gasteiger partial charge < -0.3 is 15.8 Å². The molecule has 0 saturated heterocycles. The molecule has 0 unspecified atom stereocenters. The first-order valence-electron chi connectivity index (χ1n) is 7.11. The summed E-state index contributed by atoms with van der Waals surface area (Å²) >= 11 is 3.48. The molecule has 0 aromatic heterocycles. The Morgan fingerprint density at radius 3 is 2.75 bits per heavy atom. The van der Waals surface area contributed by atoms with Crippen LogP contribution < -0.4 is 10.6 Å². The van der Waals surface area contributed by atoms with Crippen LogP contribution in [0.3, 0.4) is 0 Å². The molecule has 0 bridgehead atoms. The van der Waals surface area contributed by atoms with Gasteiger partial charge in [0.1, 0.15) is 0 Å². The van der Waals surface area contributed by atoms with Crippen LogP contribution in [0.5, 0.6) is 0 Å². The van der Waals surface area contributed by atoms with Gasteiger partial charge in [0.25, 0.3) is 0 Å². The van der Waals surface area contributed by atoms with Crippen molar-refractivity contribution in [2.75, 3.05) is 18.5 Å². The van der Waals surface area contributed by atoms with Crippen molar-refractivity contribution < 1.29 is 5.21 Å². The van der Waals surface area contributed by atoms with Gasteiger partial charge in [-0.1, -0.05) is 30.5 Å². The molecule has 0 amide bonds. The summed E-state index contributed by atoms with van der Waals surface area (Å²) in [5, 5.41) is 12.1. The van der Waals surface area contributed by atoms with Gasteiger partial charge in [0.2, 0.25) is 0 Å². The van der Waals surface area contributed by atoms with Crippen LogP contribution in [0.15, 0.2) is 27.8 Å². The summed E-state index contributed by atoms with van der Waals surface area (Å²) < 4.78 is 0.848. The number of hydrogen-bond acceptors (Lipinski definition) is 3. The fraction of sp³-hybridized carbons (Fsp3) is 0.533. The number of benzene rings is 1. The number of rotatable bonds is 4. The van der Waals surface area contributed by atoms with Gasteiger partial charge in [-0.05, 0) is 46.8 Å². The Bertz CT molecular complexity index is 484. The molecule has 2 rings (SSSR count). The third-order valence-electron chi connectivity index (χ3n) is 4.02. The maximum Gasteiger partial charge on any atom is 0.173 e. The first-order valence-corrected chi connectivity index (χ1v) is 7.90. The minimum Gasteiger partial charge on any atom is -0.409 e. The van der Waals surface area contributed by atoms with E-state index < -0.39 is 0 Å². The van der Waals surface area contributed by atoms with Gasteiger partial charge >= 0.3 is 0 Å². The first-order chi connectivity index (χ1) is 9.63. The average molecular weight is 340 g/mol. The first kappa shape index (κ1) is 15.2. The molecule has 110 valence electrons. The van der Waals surface area contributed by atoms with Gasteiger partial charge in [-0.3, -0.25) is 0 Å². The van der Waals surface area contributed by atoms with E-state index in [1.807, 2.05) is 18.2 Å². The van der Waals surface area contributed by atoms with E-state index >= 15 is 0 Å². The average Bonchev–Trinajstić information content (AvgIpc) is 2.47. The zero-order chi connectivity index (χ0) is 14.5. The number of amidine groups is 1. The highest BCUT2D eigenvalue weighted by Crippen LogP contribution is 2.30. The third kappa shape index (κ3) is 3.45. The summed E-state index contributed by atoms with van der Waals surface area (Å²) in [6.45, 7) is 1.02. The molecule has 4 nitrogen and oxygen atoms in total. The smallest absolute Gasteiger partial charge is 0.173 e. The number of nitrogens with two attached hydrogens (primary N) is 1. The zero-order valence-corrected chi connectivity index (χ0v) is 13.4. The van der Waals surface area contributed by atoms with Crippen molar-refractivity contribution in [3.05, 3.63) is 28.2 Å². The Kier molecular flexibility index (Phi) is 5.29. The largest absolute Gasteiger partial charge is 0.409 e. The number of halogens is 1. The summed E-state index contributed by atoms with van der Waals surface area (Å²) in [5.41, 5.74) is 7.57. The van der Waals surface area contributed by atoms with Crippen LogP contribution in [-0.2, 0) is 0 Å². The monoisotopic (exact) mass is 339 g/mol. The Morgan fingerprint density at radius 2 is 2.10 bits per heavy atom. The molecule has 1 saturated carbocycles. The Balaban J connectivity index is 2.20. The van der Waals surface area contributed by atoms with Crippen LogP contribution in [0.2, 0.25) is 0 Å². The fourth-order valence-corrected chi connectivity index (χ4v) is 3.55. The second-order valence-corrected chi connectivity index (χ2v) is 6.36. The second-order valence-electron chi connectivity index (χ2n) is 5.50. The molecule has 20 heavy (non-hydrogen) atoms. The van der Waals surface area contributed by atoms with Crippen molar-refractivity contribution >= 4 is 27.5 Å². The van der Waals surface area contributed by atoms with Crippen LogP contribution in [0.1, 0.15) is 37.7 Å². The molecule has 0 atom stereocenters. The molecule has 1 aromatic rings. The highest BCUT2D eigenvalue weighted by atomic mass is 79.9.